The van der Waals surface area contributed by atoms with Gasteiger partial charge in [0.25, 0.3) is 5.89 Å². The highest BCUT2D eigenvalue weighted by molar-refractivity contribution is 6.01. The fraction of sp³-hybridized carbons (Fsp3) is 0.148. The lowest BCUT2D eigenvalue weighted by molar-refractivity contribution is 0.244. The van der Waals surface area contributed by atoms with Crippen LogP contribution in [-0.4, -0.2) is 30.4 Å². The molecule has 182 valence electrons. The van der Waals surface area contributed by atoms with E-state index in [0.717, 1.165) is 5.56 Å². The summed E-state index contributed by atoms with van der Waals surface area (Å²) in [5.41, 5.74) is 3.10. The van der Waals surface area contributed by atoms with Crippen molar-refractivity contribution in [2.24, 2.45) is 0 Å². The molecule has 0 spiro atoms. The van der Waals surface area contributed by atoms with Gasteiger partial charge in [-0.05, 0) is 61.0 Å². The summed E-state index contributed by atoms with van der Waals surface area (Å²) >= 11 is 0. The second-order valence-corrected chi connectivity index (χ2v) is 8.13. The van der Waals surface area contributed by atoms with Gasteiger partial charge < -0.3 is 19.3 Å². The molecule has 1 aromatic heterocycles. The van der Waals surface area contributed by atoms with E-state index in [1.165, 1.54) is 17.0 Å². The van der Waals surface area contributed by atoms with Crippen molar-refractivity contribution < 1.29 is 23.2 Å². The molecule has 9 heteroatoms. The average Bonchev–Trinajstić information content (AvgIpc) is 3.38. The molecule has 0 saturated heterocycles. The molecule has 0 bridgehead atoms. The topological polar surface area (TPSA) is 89.7 Å². The van der Waals surface area contributed by atoms with Crippen LogP contribution in [0, 0.1) is 5.82 Å². The van der Waals surface area contributed by atoms with E-state index in [2.05, 4.69) is 15.5 Å². The number of halogens is 1. The first-order chi connectivity index (χ1) is 17.5. The molecule has 5 rings (SSSR count). The van der Waals surface area contributed by atoms with Crippen LogP contribution >= 0.6 is 0 Å². The van der Waals surface area contributed by atoms with Gasteiger partial charge in [-0.1, -0.05) is 29.4 Å². The lowest BCUT2D eigenvalue weighted by Gasteiger charge is -2.35. The van der Waals surface area contributed by atoms with Crippen molar-refractivity contribution in [1.29, 1.82) is 0 Å². The van der Waals surface area contributed by atoms with Crippen molar-refractivity contribution in [2.45, 2.75) is 13.0 Å². The fourth-order valence-electron chi connectivity index (χ4n) is 4.21. The summed E-state index contributed by atoms with van der Waals surface area (Å²) in [6.45, 7) is 1.82. The Morgan fingerprint density at radius 2 is 1.72 bits per heavy atom. The Balaban J connectivity index is 1.65. The minimum absolute atomic E-state index is 0.207. The zero-order valence-electron chi connectivity index (χ0n) is 19.9. The van der Waals surface area contributed by atoms with Gasteiger partial charge in [0.15, 0.2) is 0 Å². The van der Waals surface area contributed by atoms with Gasteiger partial charge in [0.05, 0.1) is 31.5 Å². The number of nitrogens with zero attached hydrogens (tertiary/aromatic N) is 3. The van der Waals surface area contributed by atoms with E-state index in [1.807, 2.05) is 31.2 Å². The number of hydrogen-bond acceptors (Lipinski definition) is 6. The molecular formula is C27H23FN4O4. The van der Waals surface area contributed by atoms with E-state index in [1.54, 1.807) is 50.6 Å². The molecule has 3 aromatic carbocycles. The van der Waals surface area contributed by atoms with Crippen molar-refractivity contribution in [2.75, 3.05) is 19.1 Å². The highest BCUT2D eigenvalue weighted by atomic mass is 19.1. The van der Waals surface area contributed by atoms with Crippen LogP contribution in [0.3, 0.4) is 0 Å². The number of nitrogens with one attached hydrogen (secondary N) is 1. The van der Waals surface area contributed by atoms with Gasteiger partial charge in [0.2, 0.25) is 5.82 Å². The second-order valence-electron chi connectivity index (χ2n) is 8.13. The number of carbonyl (C=O) groups excluding carboxylic acids is 1. The highest BCUT2D eigenvalue weighted by Crippen LogP contribution is 2.40. The van der Waals surface area contributed by atoms with Crippen molar-refractivity contribution in [3.05, 3.63) is 95.8 Å². The number of benzene rings is 3. The highest BCUT2D eigenvalue weighted by Gasteiger charge is 2.36. The van der Waals surface area contributed by atoms with Gasteiger partial charge in [-0.15, -0.1) is 0 Å². The number of hydrogen-bond donors (Lipinski definition) is 1. The van der Waals surface area contributed by atoms with Gasteiger partial charge in [-0.25, -0.2) is 9.18 Å². The average molecular weight is 487 g/mol. The molecule has 8 nitrogen and oxygen atoms in total. The minimum atomic E-state index is -0.595. The van der Waals surface area contributed by atoms with Crippen LogP contribution in [0.25, 0.3) is 17.0 Å². The third-order valence-electron chi connectivity index (χ3n) is 5.98. The molecule has 0 radical (unpaired) electrons. The van der Waals surface area contributed by atoms with Gasteiger partial charge >= 0.3 is 6.03 Å². The largest absolute Gasteiger partial charge is 0.497 e. The zero-order valence-corrected chi connectivity index (χ0v) is 19.9. The molecule has 1 aliphatic heterocycles. The Kier molecular flexibility index (Phi) is 6.12. The molecule has 1 N–H and O–H groups in total. The number of carbonyl (C=O) groups is 1. The van der Waals surface area contributed by atoms with Gasteiger partial charge in [0.1, 0.15) is 17.3 Å². The molecule has 1 atom stereocenters. The molecule has 0 aliphatic carbocycles. The van der Waals surface area contributed by atoms with Crippen molar-refractivity contribution >= 4 is 17.3 Å². The molecule has 4 aromatic rings. The Bertz CT molecular complexity index is 1450. The summed E-state index contributed by atoms with van der Waals surface area (Å²) in [7, 11) is 3.16. The summed E-state index contributed by atoms with van der Waals surface area (Å²) in [4.78, 5) is 19.5. The van der Waals surface area contributed by atoms with Crippen LogP contribution in [0.2, 0.25) is 0 Å². The maximum absolute atomic E-state index is 13.8. The fourth-order valence-corrected chi connectivity index (χ4v) is 4.21. The predicted octanol–water partition coefficient (Wildman–Crippen LogP) is 5.60. The molecule has 1 aliphatic rings. The first-order valence-electron chi connectivity index (χ1n) is 11.2. The van der Waals surface area contributed by atoms with E-state index in [0.29, 0.717) is 34.0 Å². The van der Waals surface area contributed by atoms with Crippen LogP contribution < -0.4 is 19.7 Å². The lowest BCUT2D eigenvalue weighted by atomic mass is 9.94. The van der Waals surface area contributed by atoms with Crippen molar-refractivity contribution in [3.8, 4) is 22.9 Å². The normalized spacial score (nSPS) is 15.6. The van der Waals surface area contributed by atoms with Crippen LogP contribution in [-0.2, 0) is 0 Å². The summed E-state index contributed by atoms with van der Waals surface area (Å²) in [6, 6.07) is 19.6. The number of anilines is 1. The number of amides is 2. The number of methoxy groups -OCH3 is 2. The van der Waals surface area contributed by atoms with E-state index >= 15 is 0 Å². The smallest absolute Gasteiger partial charge is 0.326 e. The van der Waals surface area contributed by atoms with E-state index < -0.39 is 11.9 Å². The molecule has 1 unspecified atom stereocenters. The quantitative estimate of drug-likeness (QED) is 0.382. The van der Waals surface area contributed by atoms with Crippen LogP contribution in [0.15, 0.2) is 83.0 Å². The van der Waals surface area contributed by atoms with Gasteiger partial charge in [-0.3, -0.25) is 4.90 Å². The Hall–Kier alpha value is -4.66. The Labute approximate surface area is 207 Å². The SMILES string of the molecule is COc1ccc(N2C(=O)NC(c3cccc(OC)c3)C(c3nc(-c4cccc(F)c4)no3)=C2C)cc1. The van der Waals surface area contributed by atoms with E-state index in [9.17, 15) is 9.18 Å². The molecule has 0 saturated carbocycles. The van der Waals surface area contributed by atoms with Gasteiger partial charge in [0, 0.05) is 11.3 Å². The van der Waals surface area contributed by atoms with Crippen molar-refractivity contribution in [3.63, 3.8) is 0 Å². The molecule has 2 heterocycles. The third-order valence-corrected chi connectivity index (χ3v) is 5.98. The van der Waals surface area contributed by atoms with Crippen LogP contribution in [0.1, 0.15) is 24.4 Å². The van der Waals surface area contributed by atoms with Crippen LogP contribution in [0.4, 0.5) is 14.9 Å². The standard InChI is InChI=1S/C27H23FN4O4/c1-16-23(26-30-25(31-36-26)18-7-4-8-19(28)14-18)24(17-6-5-9-22(15-17)35-3)29-27(33)32(16)20-10-12-21(34-2)13-11-20/h4-15,24H,1-3H3,(H,29,33). The summed E-state index contributed by atoms with van der Waals surface area (Å²) in [5, 5.41) is 7.13. The lowest BCUT2D eigenvalue weighted by Crippen LogP contribution is -2.46. The minimum Gasteiger partial charge on any atom is -0.497 e. The van der Waals surface area contributed by atoms with E-state index in [4.69, 9.17) is 14.0 Å². The zero-order chi connectivity index (χ0) is 25.2. The Morgan fingerprint density at radius 1 is 0.972 bits per heavy atom. The molecular weight excluding hydrogens is 463 g/mol. The molecule has 2 amide bonds. The van der Waals surface area contributed by atoms with E-state index in [-0.39, 0.29) is 17.7 Å². The maximum atomic E-state index is 13.8. The second kappa shape index (κ2) is 9.53. The maximum Gasteiger partial charge on any atom is 0.326 e. The Morgan fingerprint density at radius 3 is 2.44 bits per heavy atom. The van der Waals surface area contributed by atoms with Crippen molar-refractivity contribution in [1.82, 2.24) is 15.5 Å². The number of aromatic nitrogens is 2. The summed E-state index contributed by atoms with van der Waals surface area (Å²) in [6.07, 6.45) is 0. The number of rotatable bonds is 6. The third kappa shape index (κ3) is 4.26. The number of urea groups is 1. The monoisotopic (exact) mass is 486 g/mol. The molecule has 36 heavy (non-hydrogen) atoms. The first kappa shape index (κ1) is 23.1. The number of allylic oxidation sites excluding steroid dienone is 1. The summed E-state index contributed by atoms with van der Waals surface area (Å²) < 4.78 is 30.1. The van der Waals surface area contributed by atoms with Gasteiger partial charge in [-0.2, -0.15) is 4.98 Å². The predicted molar refractivity (Wildman–Crippen MR) is 132 cm³/mol. The van der Waals surface area contributed by atoms with Crippen LogP contribution in [0.5, 0.6) is 11.5 Å². The summed E-state index contributed by atoms with van der Waals surface area (Å²) in [5.74, 6) is 1.35. The first-order valence-corrected chi connectivity index (χ1v) is 11.2. The number of ether oxygens (including phenoxy) is 2. The molecule has 0 fully saturated rings.